The highest BCUT2D eigenvalue weighted by Gasteiger charge is 2.32. The highest BCUT2D eigenvalue weighted by Crippen LogP contribution is 2.33. The fourth-order valence-electron chi connectivity index (χ4n) is 2.37. The smallest absolute Gasteiger partial charge is 0.241 e. The van der Waals surface area contributed by atoms with E-state index in [1.54, 1.807) is 0 Å². The molecule has 1 atom stereocenters. The molecule has 3 N–H and O–H groups in total. The number of amides is 1. The molecular weight excluding hydrogens is 272 g/mol. The third-order valence-corrected chi connectivity index (χ3v) is 5.28. The Labute approximate surface area is 124 Å². The van der Waals surface area contributed by atoms with E-state index >= 15 is 0 Å². The Morgan fingerprint density at radius 2 is 2.05 bits per heavy atom. The molecule has 1 aromatic carbocycles. The van der Waals surface area contributed by atoms with E-state index in [0.29, 0.717) is 6.54 Å². The van der Waals surface area contributed by atoms with Gasteiger partial charge < -0.3 is 15.8 Å². The van der Waals surface area contributed by atoms with Crippen molar-refractivity contribution in [1.82, 2.24) is 5.32 Å². The van der Waals surface area contributed by atoms with Crippen LogP contribution in [0, 0.1) is 0 Å². The largest absolute Gasteiger partial charge is 0.381 e. The van der Waals surface area contributed by atoms with Gasteiger partial charge in [0.2, 0.25) is 5.91 Å². The van der Waals surface area contributed by atoms with Crippen molar-refractivity contribution in [3.63, 3.8) is 0 Å². The number of nitrogens with one attached hydrogen (secondary N) is 1. The zero-order valence-corrected chi connectivity index (χ0v) is 12.6. The number of hydrogen-bond donors (Lipinski definition) is 2. The first kappa shape index (κ1) is 15.4. The molecule has 1 aliphatic rings. The van der Waals surface area contributed by atoms with Gasteiger partial charge in [0.25, 0.3) is 0 Å². The van der Waals surface area contributed by atoms with Crippen LogP contribution >= 0.6 is 11.8 Å². The highest BCUT2D eigenvalue weighted by molar-refractivity contribution is 8.00. The molecule has 1 amide bonds. The van der Waals surface area contributed by atoms with E-state index in [9.17, 15) is 4.79 Å². The van der Waals surface area contributed by atoms with Crippen molar-refractivity contribution >= 4 is 17.7 Å². The molecule has 0 aromatic heterocycles. The van der Waals surface area contributed by atoms with Gasteiger partial charge in [-0.25, -0.2) is 0 Å². The first-order valence-corrected chi connectivity index (χ1v) is 8.10. The normalized spacial score (nSPS) is 19.3. The Hall–Kier alpha value is -1.04. The number of carbonyl (C=O) groups excluding carboxylic acids is 1. The highest BCUT2D eigenvalue weighted by atomic mass is 32.2. The molecule has 1 saturated heterocycles. The number of benzene rings is 1. The Kier molecular flexibility index (Phi) is 5.46. The minimum absolute atomic E-state index is 0.0876. The Morgan fingerprint density at radius 1 is 1.40 bits per heavy atom. The molecule has 0 spiro atoms. The van der Waals surface area contributed by atoms with Gasteiger partial charge in [-0.05, 0) is 24.7 Å². The van der Waals surface area contributed by atoms with E-state index in [1.807, 2.05) is 42.1 Å². The predicted molar refractivity (Wildman–Crippen MR) is 82.7 cm³/mol. The van der Waals surface area contributed by atoms with Gasteiger partial charge >= 0.3 is 0 Å². The molecular formula is C15H22N2O2S. The molecule has 5 heteroatoms. The minimum Gasteiger partial charge on any atom is -0.381 e. The van der Waals surface area contributed by atoms with E-state index in [4.69, 9.17) is 10.5 Å². The van der Waals surface area contributed by atoms with Crippen LogP contribution < -0.4 is 11.1 Å². The molecule has 1 fully saturated rings. The topological polar surface area (TPSA) is 64.4 Å². The van der Waals surface area contributed by atoms with Crippen LogP contribution in [0.2, 0.25) is 0 Å². The van der Waals surface area contributed by atoms with Crippen molar-refractivity contribution < 1.29 is 9.53 Å². The predicted octanol–water partition coefficient (Wildman–Crippen LogP) is 1.71. The number of ether oxygens (including phenoxy) is 1. The van der Waals surface area contributed by atoms with Crippen molar-refractivity contribution in [2.75, 3.05) is 26.0 Å². The first-order valence-electron chi connectivity index (χ1n) is 6.88. The van der Waals surface area contributed by atoms with Crippen molar-refractivity contribution in [3.8, 4) is 0 Å². The molecule has 2 rings (SSSR count). The maximum atomic E-state index is 12.2. The zero-order chi connectivity index (χ0) is 14.4. The van der Waals surface area contributed by atoms with E-state index in [2.05, 4.69) is 11.6 Å². The summed E-state index contributed by atoms with van der Waals surface area (Å²) >= 11 is 1.81. The number of rotatable bonds is 5. The van der Waals surface area contributed by atoms with Crippen LogP contribution in [0.5, 0.6) is 0 Å². The maximum absolute atomic E-state index is 12.2. The summed E-state index contributed by atoms with van der Waals surface area (Å²) in [5.41, 5.74) is 6.84. The Bertz CT molecular complexity index is 433. The third-order valence-electron chi connectivity index (χ3n) is 3.86. The van der Waals surface area contributed by atoms with Gasteiger partial charge in [0.15, 0.2) is 0 Å². The molecule has 4 nitrogen and oxygen atoms in total. The minimum atomic E-state index is -0.602. The molecule has 1 aliphatic heterocycles. The zero-order valence-electron chi connectivity index (χ0n) is 11.8. The number of nitrogens with two attached hydrogens (primary N) is 1. The first-order chi connectivity index (χ1) is 9.67. The van der Waals surface area contributed by atoms with Crippen LogP contribution in [-0.4, -0.2) is 36.7 Å². The third kappa shape index (κ3) is 3.75. The lowest BCUT2D eigenvalue weighted by Gasteiger charge is -2.36. The van der Waals surface area contributed by atoms with Gasteiger partial charge in [-0.3, -0.25) is 4.79 Å². The second kappa shape index (κ2) is 7.11. The SMILES string of the molecule is CSC1(CNC(=O)C(N)c2ccccc2)CCOCC1. The lowest BCUT2D eigenvalue weighted by Crippen LogP contribution is -2.46. The molecule has 0 aliphatic carbocycles. The van der Waals surface area contributed by atoms with Crippen LogP contribution in [0.1, 0.15) is 24.4 Å². The quantitative estimate of drug-likeness (QED) is 0.868. The van der Waals surface area contributed by atoms with Crippen molar-refractivity contribution in [1.29, 1.82) is 0 Å². The van der Waals surface area contributed by atoms with Gasteiger partial charge in [-0.1, -0.05) is 30.3 Å². The second-order valence-corrected chi connectivity index (χ2v) is 6.38. The molecule has 1 unspecified atom stereocenters. The lowest BCUT2D eigenvalue weighted by atomic mass is 9.98. The molecule has 0 radical (unpaired) electrons. The number of thioether (sulfide) groups is 1. The van der Waals surface area contributed by atoms with Gasteiger partial charge in [0.1, 0.15) is 6.04 Å². The Morgan fingerprint density at radius 3 is 2.65 bits per heavy atom. The van der Waals surface area contributed by atoms with Crippen molar-refractivity contribution in [3.05, 3.63) is 35.9 Å². The molecule has 0 bridgehead atoms. The van der Waals surface area contributed by atoms with Crippen molar-refractivity contribution in [2.24, 2.45) is 5.73 Å². The fourth-order valence-corrected chi connectivity index (χ4v) is 3.16. The van der Waals surface area contributed by atoms with Gasteiger partial charge in [-0.2, -0.15) is 11.8 Å². The van der Waals surface area contributed by atoms with Crippen molar-refractivity contribution in [2.45, 2.75) is 23.6 Å². The van der Waals surface area contributed by atoms with E-state index < -0.39 is 6.04 Å². The molecule has 0 saturated carbocycles. The summed E-state index contributed by atoms with van der Waals surface area (Å²) in [4.78, 5) is 12.2. The summed E-state index contributed by atoms with van der Waals surface area (Å²) in [5, 5.41) is 3.00. The van der Waals surface area contributed by atoms with Crippen LogP contribution in [0.25, 0.3) is 0 Å². The average Bonchev–Trinajstić information content (AvgIpc) is 2.53. The van der Waals surface area contributed by atoms with Crippen LogP contribution in [0.4, 0.5) is 0 Å². The molecule has 1 aromatic rings. The molecule has 20 heavy (non-hydrogen) atoms. The summed E-state index contributed by atoms with van der Waals surface area (Å²) in [6.45, 7) is 2.18. The molecule has 110 valence electrons. The van der Waals surface area contributed by atoms with Gasteiger partial charge in [0, 0.05) is 24.5 Å². The molecule has 1 heterocycles. The number of carbonyl (C=O) groups is 1. The summed E-state index contributed by atoms with van der Waals surface area (Å²) in [6.07, 6.45) is 4.03. The standard InChI is InChI=1S/C15H22N2O2S/c1-20-15(7-9-19-10-8-15)11-17-14(18)13(16)12-5-3-2-4-6-12/h2-6,13H,7-11,16H2,1H3,(H,17,18). The van der Waals surface area contributed by atoms with Crippen LogP contribution in [0.15, 0.2) is 30.3 Å². The monoisotopic (exact) mass is 294 g/mol. The summed E-state index contributed by atoms with van der Waals surface area (Å²) in [7, 11) is 0. The second-order valence-electron chi connectivity index (χ2n) is 5.11. The maximum Gasteiger partial charge on any atom is 0.241 e. The number of hydrogen-bond acceptors (Lipinski definition) is 4. The van der Waals surface area contributed by atoms with Gasteiger partial charge in [0.05, 0.1) is 0 Å². The van der Waals surface area contributed by atoms with Gasteiger partial charge in [-0.15, -0.1) is 0 Å². The summed E-state index contributed by atoms with van der Waals surface area (Å²) in [6, 6.07) is 8.86. The van der Waals surface area contributed by atoms with Crippen LogP contribution in [-0.2, 0) is 9.53 Å². The van der Waals surface area contributed by atoms with E-state index in [1.165, 1.54) is 0 Å². The van der Waals surface area contributed by atoms with E-state index in [0.717, 1.165) is 31.6 Å². The summed E-state index contributed by atoms with van der Waals surface area (Å²) < 4.78 is 5.49. The Balaban J connectivity index is 1.91. The fraction of sp³-hybridized carbons (Fsp3) is 0.533. The lowest BCUT2D eigenvalue weighted by molar-refractivity contribution is -0.122. The summed E-state index contributed by atoms with van der Waals surface area (Å²) in [5.74, 6) is -0.115. The van der Waals surface area contributed by atoms with E-state index in [-0.39, 0.29) is 10.7 Å². The average molecular weight is 294 g/mol. The van der Waals surface area contributed by atoms with Crippen LogP contribution in [0.3, 0.4) is 0 Å².